The van der Waals surface area contributed by atoms with Gasteiger partial charge in [0.05, 0.1) is 5.52 Å². The van der Waals surface area contributed by atoms with Gasteiger partial charge in [0, 0.05) is 24.5 Å². The van der Waals surface area contributed by atoms with E-state index in [-0.39, 0.29) is 18.6 Å². The standard InChI is InChI=1S/C25H22N4O5/c30-22(27-18-8-9-20-21(15-18)34-14-13-33-20)16-29-19-7-4-11-26-23(19)24(31)28(25(29)32)12-10-17-5-2-1-3-6-17/h1-9,11,15H,10,12-14,16H2,(H,27,30). The van der Waals surface area contributed by atoms with E-state index < -0.39 is 17.2 Å². The summed E-state index contributed by atoms with van der Waals surface area (Å²) in [4.78, 5) is 43.3. The summed E-state index contributed by atoms with van der Waals surface area (Å²) in [5.41, 5.74) is 0.937. The number of anilines is 1. The van der Waals surface area contributed by atoms with Crippen LogP contribution in [0.2, 0.25) is 0 Å². The molecule has 0 saturated heterocycles. The van der Waals surface area contributed by atoms with Gasteiger partial charge in [-0.15, -0.1) is 0 Å². The quantitative estimate of drug-likeness (QED) is 0.475. The summed E-state index contributed by atoms with van der Waals surface area (Å²) >= 11 is 0. The van der Waals surface area contributed by atoms with Gasteiger partial charge in [-0.05, 0) is 36.2 Å². The molecule has 9 nitrogen and oxygen atoms in total. The lowest BCUT2D eigenvalue weighted by atomic mass is 10.1. The number of benzene rings is 2. The first-order valence-electron chi connectivity index (χ1n) is 10.9. The highest BCUT2D eigenvalue weighted by atomic mass is 16.6. The number of nitrogens with zero attached hydrogens (tertiary/aromatic N) is 3. The SMILES string of the molecule is O=C(Cn1c(=O)n(CCc2ccccc2)c(=O)c2ncccc21)Nc1ccc2c(c1)OCCO2. The third kappa shape index (κ3) is 4.27. The van der Waals surface area contributed by atoms with Crippen LogP contribution in [-0.4, -0.2) is 33.2 Å². The molecule has 9 heteroatoms. The molecule has 1 N–H and O–H groups in total. The Morgan fingerprint density at radius 1 is 0.941 bits per heavy atom. The van der Waals surface area contributed by atoms with Crippen LogP contribution in [0.25, 0.3) is 11.0 Å². The molecule has 0 fully saturated rings. The average Bonchev–Trinajstić information content (AvgIpc) is 2.87. The third-order valence-corrected chi connectivity index (χ3v) is 5.58. The summed E-state index contributed by atoms with van der Waals surface area (Å²) in [5, 5.41) is 2.78. The highest BCUT2D eigenvalue weighted by Gasteiger charge is 2.17. The minimum absolute atomic E-state index is 0.141. The van der Waals surface area contributed by atoms with Gasteiger partial charge in [-0.1, -0.05) is 30.3 Å². The molecule has 2 aromatic heterocycles. The largest absolute Gasteiger partial charge is 0.486 e. The van der Waals surface area contributed by atoms with Crippen LogP contribution in [0, 0.1) is 0 Å². The Hall–Kier alpha value is -4.40. The maximum absolute atomic E-state index is 13.3. The molecule has 34 heavy (non-hydrogen) atoms. The summed E-state index contributed by atoms with van der Waals surface area (Å²) in [6, 6.07) is 17.9. The number of nitrogens with one attached hydrogen (secondary N) is 1. The molecule has 3 heterocycles. The summed E-state index contributed by atoms with van der Waals surface area (Å²) in [6.45, 7) is 0.811. The first-order valence-corrected chi connectivity index (χ1v) is 10.9. The molecule has 1 amide bonds. The van der Waals surface area contributed by atoms with E-state index >= 15 is 0 Å². The summed E-state index contributed by atoms with van der Waals surface area (Å²) in [5.74, 6) is 0.741. The van der Waals surface area contributed by atoms with Crippen LogP contribution < -0.4 is 26.0 Å². The fraction of sp³-hybridized carbons (Fsp3) is 0.200. The molecule has 0 atom stereocenters. The van der Waals surface area contributed by atoms with Crippen molar-refractivity contribution in [3.05, 3.63) is 93.3 Å². The van der Waals surface area contributed by atoms with E-state index in [0.29, 0.717) is 42.3 Å². The van der Waals surface area contributed by atoms with E-state index in [4.69, 9.17) is 9.47 Å². The normalized spacial score (nSPS) is 12.5. The van der Waals surface area contributed by atoms with Crippen molar-refractivity contribution in [2.75, 3.05) is 18.5 Å². The highest BCUT2D eigenvalue weighted by Crippen LogP contribution is 2.32. The average molecular weight is 458 g/mol. The fourth-order valence-corrected chi connectivity index (χ4v) is 3.94. The van der Waals surface area contributed by atoms with Crippen molar-refractivity contribution in [3.63, 3.8) is 0 Å². The molecule has 0 unspecified atom stereocenters. The first kappa shape index (κ1) is 21.4. The second-order valence-corrected chi connectivity index (χ2v) is 7.84. The van der Waals surface area contributed by atoms with Crippen molar-refractivity contribution in [1.82, 2.24) is 14.1 Å². The number of pyridine rings is 1. The molecule has 172 valence electrons. The third-order valence-electron chi connectivity index (χ3n) is 5.58. The number of fused-ring (bicyclic) bond motifs is 2. The van der Waals surface area contributed by atoms with Crippen LogP contribution in [0.4, 0.5) is 5.69 Å². The van der Waals surface area contributed by atoms with E-state index in [9.17, 15) is 14.4 Å². The molecule has 4 aromatic rings. The van der Waals surface area contributed by atoms with E-state index in [1.807, 2.05) is 30.3 Å². The minimum Gasteiger partial charge on any atom is -0.486 e. The van der Waals surface area contributed by atoms with Gasteiger partial charge >= 0.3 is 5.69 Å². The van der Waals surface area contributed by atoms with E-state index in [1.165, 1.54) is 10.8 Å². The number of hydrogen-bond donors (Lipinski definition) is 1. The Morgan fingerprint density at radius 3 is 2.56 bits per heavy atom. The van der Waals surface area contributed by atoms with Gasteiger partial charge in [0.15, 0.2) is 17.0 Å². The zero-order valence-electron chi connectivity index (χ0n) is 18.3. The molecular formula is C25H22N4O5. The van der Waals surface area contributed by atoms with Crippen molar-refractivity contribution in [1.29, 1.82) is 0 Å². The van der Waals surface area contributed by atoms with Crippen molar-refractivity contribution < 1.29 is 14.3 Å². The molecule has 0 radical (unpaired) electrons. The lowest BCUT2D eigenvalue weighted by Crippen LogP contribution is -2.42. The van der Waals surface area contributed by atoms with Crippen LogP contribution in [0.15, 0.2) is 76.4 Å². The zero-order chi connectivity index (χ0) is 23.5. The lowest BCUT2D eigenvalue weighted by molar-refractivity contribution is -0.116. The molecule has 0 spiro atoms. The Bertz CT molecular complexity index is 1480. The number of aryl methyl sites for hydroxylation is 1. The number of rotatable bonds is 6. The summed E-state index contributed by atoms with van der Waals surface area (Å²) in [7, 11) is 0. The predicted molar refractivity (Wildman–Crippen MR) is 126 cm³/mol. The molecule has 1 aliphatic rings. The van der Waals surface area contributed by atoms with Crippen molar-refractivity contribution >= 4 is 22.6 Å². The van der Waals surface area contributed by atoms with Crippen LogP contribution in [-0.2, 0) is 24.3 Å². The Balaban J connectivity index is 1.44. The van der Waals surface area contributed by atoms with Gasteiger partial charge in [-0.3, -0.25) is 18.7 Å². The van der Waals surface area contributed by atoms with Crippen molar-refractivity contribution in [2.24, 2.45) is 0 Å². The predicted octanol–water partition coefficient (Wildman–Crippen LogP) is 2.21. The second kappa shape index (κ2) is 9.22. The van der Waals surface area contributed by atoms with Crippen molar-refractivity contribution in [2.45, 2.75) is 19.5 Å². The summed E-state index contributed by atoms with van der Waals surface area (Å²) < 4.78 is 13.5. The zero-order valence-corrected chi connectivity index (χ0v) is 18.3. The number of amides is 1. The van der Waals surface area contributed by atoms with Gasteiger partial charge in [0.25, 0.3) is 5.56 Å². The smallest absolute Gasteiger partial charge is 0.332 e. The Kier molecular flexibility index (Phi) is 5.82. The van der Waals surface area contributed by atoms with Gasteiger partial charge in [-0.2, -0.15) is 0 Å². The van der Waals surface area contributed by atoms with Gasteiger partial charge < -0.3 is 14.8 Å². The van der Waals surface area contributed by atoms with Gasteiger partial charge in [0.1, 0.15) is 19.8 Å². The van der Waals surface area contributed by atoms with E-state index in [1.54, 1.807) is 30.3 Å². The number of carbonyl (C=O) groups excluding carboxylic acids is 1. The van der Waals surface area contributed by atoms with Crippen molar-refractivity contribution in [3.8, 4) is 11.5 Å². The topological polar surface area (TPSA) is 104 Å². The van der Waals surface area contributed by atoms with Gasteiger partial charge in [0.2, 0.25) is 5.91 Å². The van der Waals surface area contributed by atoms with Crippen LogP contribution >= 0.6 is 0 Å². The molecule has 0 saturated carbocycles. The Labute approximate surface area is 194 Å². The minimum atomic E-state index is -0.557. The summed E-state index contributed by atoms with van der Waals surface area (Å²) in [6.07, 6.45) is 1.99. The number of carbonyl (C=O) groups is 1. The lowest BCUT2D eigenvalue weighted by Gasteiger charge is -2.19. The molecule has 0 aliphatic carbocycles. The maximum Gasteiger partial charge on any atom is 0.332 e. The number of hydrogen-bond acceptors (Lipinski definition) is 6. The van der Waals surface area contributed by atoms with E-state index in [2.05, 4.69) is 10.3 Å². The monoisotopic (exact) mass is 458 g/mol. The number of aromatic nitrogens is 3. The fourth-order valence-electron chi connectivity index (χ4n) is 3.94. The molecule has 1 aliphatic heterocycles. The van der Waals surface area contributed by atoms with E-state index in [0.717, 1.165) is 10.1 Å². The molecular weight excluding hydrogens is 436 g/mol. The highest BCUT2D eigenvalue weighted by molar-refractivity contribution is 5.91. The Morgan fingerprint density at radius 2 is 1.74 bits per heavy atom. The molecule has 5 rings (SSSR count). The first-order chi connectivity index (χ1) is 16.6. The maximum atomic E-state index is 13.3. The second-order valence-electron chi connectivity index (χ2n) is 7.84. The van der Waals surface area contributed by atoms with Gasteiger partial charge in [-0.25, -0.2) is 9.78 Å². The van der Waals surface area contributed by atoms with Crippen LogP contribution in [0.5, 0.6) is 11.5 Å². The van der Waals surface area contributed by atoms with Crippen LogP contribution in [0.1, 0.15) is 5.56 Å². The molecule has 2 aromatic carbocycles. The van der Waals surface area contributed by atoms with Crippen LogP contribution in [0.3, 0.4) is 0 Å². The molecule has 0 bridgehead atoms. The number of ether oxygens (including phenoxy) is 2.